The molecule has 0 atom stereocenters. The summed E-state index contributed by atoms with van der Waals surface area (Å²) < 4.78 is 22.6. The summed E-state index contributed by atoms with van der Waals surface area (Å²) in [5.41, 5.74) is 0.282. The van der Waals surface area contributed by atoms with E-state index in [0.717, 1.165) is 9.83 Å². The van der Waals surface area contributed by atoms with Crippen molar-refractivity contribution < 1.29 is 13.3 Å². The van der Waals surface area contributed by atoms with E-state index in [1.807, 2.05) is 22.6 Å². The Morgan fingerprint density at radius 3 is 2.65 bits per heavy atom. The fraction of sp³-hybridized carbons (Fsp3) is 0.333. The summed E-state index contributed by atoms with van der Waals surface area (Å²) in [7, 11) is -3.07. The lowest BCUT2D eigenvalue weighted by Crippen LogP contribution is -2.14. The lowest BCUT2D eigenvalue weighted by atomic mass is 10.2. The van der Waals surface area contributed by atoms with Crippen molar-refractivity contribution in [2.45, 2.75) is 0 Å². The lowest BCUT2D eigenvalue weighted by molar-refractivity contribution is -0.384. The largest absolute Gasteiger partial charge is 0.378 e. The average Bonchev–Trinajstić information content (AvgIpc) is 2.18. The van der Waals surface area contributed by atoms with Crippen LogP contribution in [0.1, 0.15) is 0 Å². The molecule has 1 N–H and O–H groups in total. The van der Waals surface area contributed by atoms with E-state index < -0.39 is 14.8 Å². The molecule has 0 aliphatic carbocycles. The van der Waals surface area contributed by atoms with Crippen molar-refractivity contribution in [3.8, 4) is 0 Å². The molecule has 0 heterocycles. The first-order chi connectivity index (χ1) is 7.79. The van der Waals surface area contributed by atoms with Crippen LogP contribution in [0.4, 0.5) is 11.4 Å². The fourth-order valence-electron chi connectivity index (χ4n) is 1.18. The Kier molecular flexibility index (Phi) is 4.69. The fourth-order valence-corrected chi connectivity index (χ4v) is 2.12. The summed E-state index contributed by atoms with van der Waals surface area (Å²) in [6.07, 6.45) is 1.12. The van der Waals surface area contributed by atoms with Crippen molar-refractivity contribution in [3.05, 3.63) is 31.9 Å². The van der Waals surface area contributed by atoms with Gasteiger partial charge in [-0.3, -0.25) is 10.1 Å². The Morgan fingerprint density at radius 2 is 2.12 bits per heavy atom. The van der Waals surface area contributed by atoms with Gasteiger partial charge in [0.05, 0.1) is 10.7 Å². The third-order valence-corrected chi connectivity index (χ3v) is 3.56. The molecule has 6 nitrogen and oxygen atoms in total. The second-order valence-electron chi connectivity index (χ2n) is 3.48. The van der Waals surface area contributed by atoms with Crippen molar-refractivity contribution >= 4 is 43.8 Å². The smallest absolute Gasteiger partial charge is 0.293 e. The van der Waals surface area contributed by atoms with Gasteiger partial charge in [-0.1, -0.05) is 0 Å². The Labute approximate surface area is 113 Å². The summed E-state index contributed by atoms with van der Waals surface area (Å²) >= 11 is 1.98. The number of rotatable bonds is 5. The first-order valence-electron chi connectivity index (χ1n) is 4.65. The molecule has 8 heteroatoms. The van der Waals surface area contributed by atoms with Gasteiger partial charge in [0.25, 0.3) is 5.69 Å². The first kappa shape index (κ1) is 14.2. The van der Waals surface area contributed by atoms with Gasteiger partial charge in [-0.05, 0) is 34.7 Å². The molecule has 0 aliphatic heterocycles. The number of nitro groups is 1. The minimum absolute atomic E-state index is 0.0506. The van der Waals surface area contributed by atoms with E-state index in [4.69, 9.17) is 0 Å². The van der Waals surface area contributed by atoms with Gasteiger partial charge in [-0.25, -0.2) is 8.42 Å². The van der Waals surface area contributed by atoms with E-state index in [-0.39, 0.29) is 18.0 Å². The molecule has 1 rings (SSSR count). The van der Waals surface area contributed by atoms with E-state index in [9.17, 15) is 18.5 Å². The number of nitro benzene ring substituents is 1. The zero-order valence-electron chi connectivity index (χ0n) is 9.01. The molecule has 0 bridgehead atoms. The molecule has 0 saturated carbocycles. The molecule has 94 valence electrons. The predicted molar refractivity (Wildman–Crippen MR) is 74.0 cm³/mol. The summed E-state index contributed by atoms with van der Waals surface area (Å²) in [5, 5.41) is 13.5. The molecule has 0 unspecified atom stereocenters. The number of nitrogens with zero attached hydrogens (tertiary/aromatic N) is 1. The predicted octanol–water partition coefficient (Wildman–Crippen LogP) is 1.66. The van der Waals surface area contributed by atoms with Crippen molar-refractivity contribution in [1.29, 1.82) is 0 Å². The maximum atomic E-state index is 10.9. The van der Waals surface area contributed by atoms with E-state index in [1.165, 1.54) is 6.07 Å². The molecule has 0 fully saturated rings. The highest BCUT2D eigenvalue weighted by Crippen LogP contribution is 2.25. The van der Waals surface area contributed by atoms with Crippen LogP contribution in [0.5, 0.6) is 0 Å². The molecule has 0 aliphatic rings. The van der Waals surface area contributed by atoms with Gasteiger partial charge in [-0.15, -0.1) is 0 Å². The molecule has 1 aromatic rings. The van der Waals surface area contributed by atoms with Crippen LogP contribution in [0.3, 0.4) is 0 Å². The zero-order valence-corrected chi connectivity index (χ0v) is 12.0. The minimum atomic E-state index is -3.07. The SMILES string of the molecule is CS(=O)(=O)CCNc1ccc(I)cc1[N+](=O)[O-]. The molecule has 0 amide bonds. The van der Waals surface area contributed by atoms with E-state index >= 15 is 0 Å². The summed E-state index contributed by atoms with van der Waals surface area (Å²) in [6, 6.07) is 4.72. The van der Waals surface area contributed by atoms with Crippen LogP contribution in [0, 0.1) is 13.7 Å². The molecule has 0 saturated heterocycles. The Hall–Kier alpha value is -0.900. The number of sulfone groups is 1. The maximum Gasteiger partial charge on any atom is 0.293 e. The van der Waals surface area contributed by atoms with Crippen LogP contribution in [0.25, 0.3) is 0 Å². The first-order valence-corrected chi connectivity index (χ1v) is 7.79. The number of hydrogen-bond donors (Lipinski definition) is 1. The normalized spacial score (nSPS) is 11.2. The quantitative estimate of drug-likeness (QED) is 0.484. The van der Waals surface area contributed by atoms with E-state index in [1.54, 1.807) is 12.1 Å². The standard InChI is InChI=1S/C9H11IN2O4S/c1-17(15,16)5-4-11-8-3-2-7(10)6-9(8)12(13)14/h2-3,6,11H,4-5H2,1H3. The number of benzene rings is 1. The van der Waals surface area contributed by atoms with Crippen LogP contribution in [0.2, 0.25) is 0 Å². The molecule has 0 aromatic heterocycles. The third-order valence-electron chi connectivity index (χ3n) is 1.94. The van der Waals surface area contributed by atoms with E-state index in [2.05, 4.69) is 5.32 Å². The van der Waals surface area contributed by atoms with Crippen LogP contribution in [-0.4, -0.2) is 31.9 Å². The summed E-state index contributed by atoms with van der Waals surface area (Å²) in [6.45, 7) is 0.153. The van der Waals surface area contributed by atoms with Gasteiger partial charge in [0.2, 0.25) is 0 Å². The van der Waals surface area contributed by atoms with Gasteiger partial charge in [0, 0.05) is 22.4 Å². The highest BCUT2D eigenvalue weighted by atomic mass is 127. The molecule has 17 heavy (non-hydrogen) atoms. The molecule has 0 spiro atoms. The summed E-state index contributed by atoms with van der Waals surface area (Å²) in [4.78, 5) is 10.3. The van der Waals surface area contributed by atoms with Crippen molar-refractivity contribution in [1.82, 2.24) is 0 Å². The third kappa shape index (κ3) is 4.86. The highest BCUT2D eigenvalue weighted by Gasteiger charge is 2.14. The maximum absolute atomic E-state index is 10.9. The highest BCUT2D eigenvalue weighted by molar-refractivity contribution is 14.1. The Morgan fingerprint density at radius 1 is 1.47 bits per heavy atom. The van der Waals surface area contributed by atoms with Crippen molar-refractivity contribution in [2.75, 3.05) is 23.9 Å². The topological polar surface area (TPSA) is 89.3 Å². The Bertz CT molecular complexity index is 530. The van der Waals surface area contributed by atoms with Gasteiger partial charge >= 0.3 is 0 Å². The molecular weight excluding hydrogens is 359 g/mol. The monoisotopic (exact) mass is 370 g/mol. The van der Waals surface area contributed by atoms with Gasteiger partial charge in [0.1, 0.15) is 15.5 Å². The molecule has 0 radical (unpaired) electrons. The minimum Gasteiger partial charge on any atom is -0.378 e. The number of nitrogens with one attached hydrogen (secondary N) is 1. The molecule has 1 aromatic carbocycles. The van der Waals surface area contributed by atoms with Crippen molar-refractivity contribution in [2.24, 2.45) is 0 Å². The summed E-state index contributed by atoms with van der Waals surface area (Å²) in [5.74, 6) is -0.0594. The molecular formula is C9H11IN2O4S. The Balaban J connectivity index is 2.81. The number of halogens is 1. The van der Waals surface area contributed by atoms with Crippen LogP contribution in [0.15, 0.2) is 18.2 Å². The van der Waals surface area contributed by atoms with E-state index in [0.29, 0.717) is 5.69 Å². The van der Waals surface area contributed by atoms with Crippen LogP contribution in [-0.2, 0) is 9.84 Å². The average molecular weight is 370 g/mol. The second-order valence-corrected chi connectivity index (χ2v) is 6.98. The van der Waals surface area contributed by atoms with Gasteiger partial charge in [0.15, 0.2) is 0 Å². The van der Waals surface area contributed by atoms with Crippen LogP contribution < -0.4 is 5.32 Å². The van der Waals surface area contributed by atoms with Gasteiger partial charge in [-0.2, -0.15) is 0 Å². The second kappa shape index (κ2) is 5.63. The zero-order chi connectivity index (χ0) is 13.1. The number of hydrogen-bond acceptors (Lipinski definition) is 5. The van der Waals surface area contributed by atoms with Crippen LogP contribution >= 0.6 is 22.6 Å². The number of anilines is 1. The lowest BCUT2D eigenvalue weighted by Gasteiger charge is -2.06. The van der Waals surface area contributed by atoms with Crippen molar-refractivity contribution in [3.63, 3.8) is 0 Å². The van der Waals surface area contributed by atoms with Gasteiger partial charge < -0.3 is 5.32 Å².